The Hall–Kier alpha value is -4.22. The molecule has 0 aliphatic heterocycles. The number of nitrogens with zero attached hydrogens (tertiary/aromatic N) is 5. The standard InChI is InChI=1S/C20H15F3N6O3/c1-12-10-17(28(26-12)13-6-8-14(9-7-13)29(31)32)25-18(30)11-27-16-5-3-2-4-15(16)24-19(27)20(21,22)23/h2-10H,11H2,1H3,(H,25,30). The zero-order valence-corrected chi connectivity index (χ0v) is 16.5. The number of aromatic nitrogens is 4. The summed E-state index contributed by atoms with van der Waals surface area (Å²) in [5.41, 5.74) is 1.15. The summed E-state index contributed by atoms with van der Waals surface area (Å²) in [6.07, 6.45) is -4.74. The molecule has 0 saturated carbocycles. The molecule has 32 heavy (non-hydrogen) atoms. The third-order valence-corrected chi connectivity index (χ3v) is 4.61. The topological polar surface area (TPSA) is 108 Å². The Balaban J connectivity index is 1.63. The van der Waals surface area contributed by atoms with Crippen molar-refractivity contribution in [2.24, 2.45) is 0 Å². The first-order valence-corrected chi connectivity index (χ1v) is 9.27. The molecule has 9 nitrogen and oxygen atoms in total. The van der Waals surface area contributed by atoms with Crippen LogP contribution in [0.2, 0.25) is 0 Å². The fourth-order valence-corrected chi connectivity index (χ4v) is 3.28. The Labute approximate surface area is 178 Å². The SMILES string of the molecule is Cc1cc(NC(=O)Cn2c(C(F)(F)F)nc3ccccc32)n(-c2ccc([N+](=O)[O-])cc2)n1. The number of amides is 1. The fraction of sp³-hybridized carbons (Fsp3) is 0.150. The molecule has 12 heteroatoms. The van der Waals surface area contributed by atoms with Crippen LogP contribution in [-0.2, 0) is 17.5 Å². The lowest BCUT2D eigenvalue weighted by atomic mass is 10.3. The number of aryl methyl sites for hydroxylation is 1. The molecular formula is C20H15F3N6O3. The zero-order valence-electron chi connectivity index (χ0n) is 16.5. The van der Waals surface area contributed by atoms with Crippen LogP contribution in [-0.4, -0.2) is 30.2 Å². The van der Waals surface area contributed by atoms with Gasteiger partial charge in [-0.15, -0.1) is 0 Å². The second-order valence-corrected chi connectivity index (χ2v) is 6.91. The molecule has 0 spiro atoms. The van der Waals surface area contributed by atoms with E-state index in [1.807, 2.05) is 0 Å². The Morgan fingerprint density at radius 2 is 1.84 bits per heavy atom. The van der Waals surface area contributed by atoms with E-state index < -0.39 is 29.4 Å². The van der Waals surface area contributed by atoms with Gasteiger partial charge in [0, 0.05) is 18.2 Å². The van der Waals surface area contributed by atoms with E-state index in [1.54, 1.807) is 19.1 Å². The van der Waals surface area contributed by atoms with Crippen molar-refractivity contribution >= 4 is 28.4 Å². The average Bonchev–Trinajstić information content (AvgIpc) is 3.28. The summed E-state index contributed by atoms with van der Waals surface area (Å²) in [5.74, 6) is -1.69. The highest BCUT2D eigenvalue weighted by atomic mass is 19.4. The van der Waals surface area contributed by atoms with Gasteiger partial charge in [-0.05, 0) is 31.2 Å². The van der Waals surface area contributed by atoms with Crippen molar-refractivity contribution in [3.05, 3.63) is 76.2 Å². The number of para-hydroxylation sites is 2. The van der Waals surface area contributed by atoms with Crippen molar-refractivity contribution in [1.82, 2.24) is 19.3 Å². The van der Waals surface area contributed by atoms with Gasteiger partial charge < -0.3 is 9.88 Å². The smallest absolute Gasteiger partial charge is 0.311 e. The van der Waals surface area contributed by atoms with Crippen molar-refractivity contribution in [2.75, 3.05) is 5.32 Å². The Bertz CT molecular complexity index is 1320. The highest BCUT2D eigenvalue weighted by molar-refractivity contribution is 5.91. The molecule has 0 radical (unpaired) electrons. The predicted molar refractivity (Wildman–Crippen MR) is 108 cm³/mol. The van der Waals surface area contributed by atoms with Gasteiger partial charge in [0.2, 0.25) is 11.7 Å². The molecule has 0 aliphatic carbocycles. The van der Waals surface area contributed by atoms with E-state index >= 15 is 0 Å². The molecule has 0 aliphatic rings. The van der Waals surface area contributed by atoms with Crippen LogP contribution < -0.4 is 5.32 Å². The lowest BCUT2D eigenvalue weighted by molar-refractivity contribution is -0.384. The quantitative estimate of drug-likeness (QED) is 0.368. The number of carbonyl (C=O) groups excluding carboxylic acids is 1. The zero-order chi connectivity index (χ0) is 23.0. The van der Waals surface area contributed by atoms with Gasteiger partial charge >= 0.3 is 6.18 Å². The molecule has 0 saturated heterocycles. The number of hydrogen-bond donors (Lipinski definition) is 1. The number of carbonyl (C=O) groups is 1. The summed E-state index contributed by atoms with van der Waals surface area (Å²) >= 11 is 0. The molecule has 0 unspecified atom stereocenters. The molecule has 4 aromatic rings. The van der Waals surface area contributed by atoms with Crippen LogP contribution >= 0.6 is 0 Å². The highest BCUT2D eigenvalue weighted by Crippen LogP contribution is 2.31. The van der Waals surface area contributed by atoms with Crippen LogP contribution in [0.15, 0.2) is 54.6 Å². The maximum atomic E-state index is 13.5. The van der Waals surface area contributed by atoms with Crippen molar-refractivity contribution in [3.8, 4) is 5.69 Å². The van der Waals surface area contributed by atoms with E-state index in [0.717, 1.165) is 4.57 Å². The number of nitro groups is 1. The molecule has 2 aromatic heterocycles. The first kappa shape index (κ1) is 21.0. The second kappa shape index (κ2) is 7.80. The summed E-state index contributed by atoms with van der Waals surface area (Å²) in [6.45, 7) is 1.04. The second-order valence-electron chi connectivity index (χ2n) is 6.91. The lowest BCUT2D eigenvalue weighted by Gasteiger charge is -2.12. The average molecular weight is 444 g/mol. The lowest BCUT2D eigenvalue weighted by Crippen LogP contribution is -2.24. The molecule has 0 fully saturated rings. The number of fused-ring (bicyclic) bond motifs is 1. The molecule has 1 N–H and O–H groups in total. The van der Waals surface area contributed by atoms with Crippen molar-refractivity contribution in [2.45, 2.75) is 19.6 Å². The minimum Gasteiger partial charge on any atom is -0.311 e. The number of benzene rings is 2. The van der Waals surface area contributed by atoms with Gasteiger partial charge in [-0.25, -0.2) is 9.67 Å². The van der Waals surface area contributed by atoms with Crippen LogP contribution in [0.1, 0.15) is 11.5 Å². The van der Waals surface area contributed by atoms with Gasteiger partial charge in [-0.1, -0.05) is 12.1 Å². The largest absolute Gasteiger partial charge is 0.449 e. The minimum absolute atomic E-state index is 0.116. The Morgan fingerprint density at radius 1 is 1.16 bits per heavy atom. The molecule has 2 aromatic carbocycles. The van der Waals surface area contributed by atoms with Crippen LogP contribution in [0.3, 0.4) is 0 Å². The normalized spacial score (nSPS) is 11.6. The number of hydrogen-bond acceptors (Lipinski definition) is 5. The predicted octanol–water partition coefficient (Wildman–Crippen LogP) is 4.10. The van der Waals surface area contributed by atoms with Crippen LogP contribution in [0.5, 0.6) is 0 Å². The highest BCUT2D eigenvalue weighted by Gasteiger charge is 2.38. The number of anilines is 1. The fourth-order valence-electron chi connectivity index (χ4n) is 3.28. The molecule has 4 rings (SSSR count). The summed E-state index contributed by atoms with van der Waals surface area (Å²) < 4.78 is 42.5. The third kappa shape index (κ3) is 4.02. The Morgan fingerprint density at radius 3 is 2.50 bits per heavy atom. The van der Waals surface area contributed by atoms with Crippen molar-refractivity contribution in [1.29, 1.82) is 0 Å². The maximum Gasteiger partial charge on any atom is 0.449 e. The van der Waals surface area contributed by atoms with Gasteiger partial charge in [0.25, 0.3) is 5.69 Å². The van der Waals surface area contributed by atoms with Crippen LogP contribution in [0.4, 0.5) is 24.7 Å². The van der Waals surface area contributed by atoms with Crippen LogP contribution in [0.25, 0.3) is 16.7 Å². The third-order valence-electron chi connectivity index (χ3n) is 4.61. The van der Waals surface area contributed by atoms with Gasteiger partial charge in [-0.2, -0.15) is 18.3 Å². The number of non-ortho nitro benzene ring substituents is 1. The summed E-state index contributed by atoms with van der Waals surface area (Å²) in [7, 11) is 0. The van der Waals surface area contributed by atoms with Gasteiger partial charge in [-0.3, -0.25) is 14.9 Å². The van der Waals surface area contributed by atoms with Gasteiger partial charge in [0.15, 0.2) is 0 Å². The number of nitro benzene ring substituents is 1. The maximum absolute atomic E-state index is 13.5. The van der Waals surface area contributed by atoms with E-state index in [2.05, 4.69) is 15.4 Å². The van der Waals surface area contributed by atoms with E-state index in [9.17, 15) is 28.1 Å². The van der Waals surface area contributed by atoms with Gasteiger partial charge in [0.1, 0.15) is 12.4 Å². The number of nitrogens with one attached hydrogen (secondary N) is 1. The number of rotatable bonds is 5. The monoisotopic (exact) mass is 444 g/mol. The molecular weight excluding hydrogens is 429 g/mol. The number of imidazole rings is 1. The van der Waals surface area contributed by atoms with E-state index in [4.69, 9.17) is 0 Å². The summed E-state index contributed by atoms with van der Waals surface area (Å²) in [6, 6.07) is 13.0. The van der Waals surface area contributed by atoms with E-state index in [0.29, 0.717) is 11.4 Å². The van der Waals surface area contributed by atoms with Gasteiger partial charge in [0.05, 0.1) is 27.3 Å². The summed E-state index contributed by atoms with van der Waals surface area (Å²) in [4.78, 5) is 26.6. The van der Waals surface area contributed by atoms with E-state index in [-0.39, 0.29) is 22.5 Å². The van der Waals surface area contributed by atoms with Crippen molar-refractivity contribution < 1.29 is 22.9 Å². The van der Waals surface area contributed by atoms with Crippen molar-refractivity contribution in [3.63, 3.8) is 0 Å². The Kier molecular flexibility index (Phi) is 5.12. The molecule has 0 bridgehead atoms. The first-order chi connectivity index (χ1) is 15.1. The minimum atomic E-state index is -4.74. The molecule has 2 heterocycles. The van der Waals surface area contributed by atoms with Crippen LogP contribution in [0, 0.1) is 17.0 Å². The number of halogens is 3. The molecule has 1 amide bonds. The molecule has 0 atom stereocenters. The first-order valence-electron chi connectivity index (χ1n) is 9.27. The number of alkyl halides is 3. The van der Waals surface area contributed by atoms with E-state index in [1.165, 1.54) is 47.1 Å². The summed E-state index contributed by atoms with van der Waals surface area (Å²) in [5, 5.41) is 17.7. The molecule has 164 valence electrons.